The van der Waals surface area contributed by atoms with Crippen LogP contribution in [-0.4, -0.2) is 6.54 Å². The third-order valence-electron chi connectivity index (χ3n) is 3.28. The van der Waals surface area contributed by atoms with Crippen molar-refractivity contribution in [3.63, 3.8) is 0 Å². The van der Waals surface area contributed by atoms with Crippen molar-refractivity contribution >= 4 is 0 Å². The molecule has 0 aliphatic rings. The molecule has 0 spiro atoms. The maximum absolute atomic E-state index is 14.1. The average molecular weight is 257 g/mol. The zero-order valence-corrected chi connectivity index (χ0v) is 11.7. The summed E-state index contributed by atoms with van der Waals surface area (Å²) in [7, 11) is 0. The molecule has 0 saturated carbocycles. The second-order valence-corrected chi connectivity index (χ2v) is 4.93. The Kier molecular flexibility index (Phi) is 4.33. The molecule has 2 aromatic rings. The standard InChI is InChI=1S/C17H20FN/c1-4-19-17(14-8-5-12(2)6-9-14)15-11-13(3)7-10-16(15)18/h5-11,17,19H,4H2,1-3H3. The first kappa shape index (κ1) is 13.8. The van der Waals surface area contributed by atoms with E-state index in [2.05, 4.69) is 36.5 Å². The van der Waals surface area contributed by atoms with E-state index in [-0.39, 0.29) is 11.9 Å². The van der Waals surface area contributed by atoms with Crippen molar-refractivity contribution < 1.29 is 4.39 Å². The topological polar surface area (TPSA) is 12.0 Å². The number of rotatable bonds is 4. The normalized spacial score (nSPS) is 12.4. The molecule has 0 heterocycles. The van der Waals surface area contributed by atoms with Crippen molar-refractivity contribution in [1.29, 1.82) is 0 Å². The molecule has 2 aromatic carbocycles. The van der Waals surface area contributed by atoms with Gasteiger partial charge in [-0.1, -0.05) is 54.4 Å². The number of aryl methyl sites for hydroxylation is 2. The van der Waals surface area contributed by atoms with Gasteiger partial charge in [-0.3, -0.25) is 0 Å². The summed E-state index contributed by atoms with van der Waals surface area (Å²) in [5.74, 6) is -0.155. The molecular weight excluding hydrogens is 237 g/mol. The summed E-state index contributed by atoms with van der Waals surface area (Å²) in [6.45, 7) is 6.88. The van der Waals surface area contributed by atoms with Crippen molar-refractivity contribution in [2.45, 2.75) is 26.8 Å². The van der Waals surface area contributed by atoms with Gasteiger partial charge >= 0.3 is 0 Å². The van der Waals surface area contributed by atoms with Crippen LogP contribution >= 0.6 is 0 Å². The number of hydrogen-bond acceptors (Lipinski definition) is 1. The summed E-state index contributed by atoms with van der Waals surface area (Å²) in [6.07, 6.45) is 0. The van der Waals surface area contributed by atoms with Gasteiger partial charge in [0.2, 0.25) is 0 Å². The van der Waals surface area contributed by atoms with E-state index in [4.69, 9.17) is 0 Å². The van der Waals surface area contributed by atoms with E-state index < -0.39 is 0 Å². The Morgan fingerprint density at radius 1 is 1.00 bits per heavy atom. The second kappa shape index (κ2) is 5.98. The van der Waals surface area contributed by atoms with Crippen molar-refractivity contribution in [2.75, 3.05) is 6.54 Å². The molecule has 1 unspecified atom stereocenters. The molecule has 19 heavy (non-hydrogen) atoms. The van der Waals surface area contributed by atoms with Gasteiger partial charge in [0.25, 0.3) is 0 Å². The fraction of sp³-hybridized carbons (Fsp3) is 0.294. The van der Waals surface area contributed by atoms with Gasteiger partial charge in [-0.2, -0.15) is 0 Å². The molecule has 0 amide bonds. The molecule has 0 fully saturated rings. The minimum absolute atomic E-state index is 0.0921. The maximum Gasteiger partial charge on any atom is 0.128 e. The minimum Gasteiger partial charge on any atom is -0.306 e. The van der Waals surface area contributed by atoms with Gasteiger partial charge in [-0.05, 0) is 32.0 Å². The van der Waals surface area contributed by atoms with Crippen LogP contribution in [0.15, 0.2) is 42.5 Å². The van der Waals surface area contributed by atoms with Crippen LogP contribution in [0.3, 0.4) is 0 Å². The second-order valence-electron chi connectivity index (χ2n) is 4.93. The fourth-order valence-electron chi connectivity index (χ4n) is 2.25. The first-order chi connectivity index (χ1) is 9.11. The van der Waals surface area contributed by atoms with E-state index in [0.29, 0.717) is 5.56 Å². The number of halogens is 1. The van der Waals surface area contributed by atoms with Crippen molar-refractivity contribution in [3.8, 4) is 0 Å². The van der Waals surface area contributed by atoms with Gasteiger partial charge in [0.05, 0.1) is 6.04 Å². The quantitative estimate of drug-likeness (QED) is 0.868. The molecule has 0 aliphatic heterocycles. The lowest BCUT2D eigenvalue weighted by Crippen LogP contribution is -2.23. The van der Waals surface area contributed by atoms with Crippen LogP contribution in [0.5, 0.6) is 0 Å². The van der Waals surface area contributed by atoms with E-state index in [9.17, 15) is 4.39 Å². The molecule has 0 radical (unpaired) electrons. The number of benzene rings is 2. The van der Waals surface area contributed by atoms with Crippen LogP contribution in [-0.2, 0) is 0 Å². The summed E-state index contributed by atoms with van der Waals surface area (Å²) in [5, 5.41) is 3.36. The summed E-state index contributed by atoms with van der Waals surface area (Å²) < 4.78 is 14.1. The van der Waals surface area contributed by atoms with Crippen molar-refractivity contribution in [2.24, 2.45) is 0 Å². The van der Waals surface area contributed by atoms with Gasteiger partial charge in [0, 0.05) is 5.56 Å². The Hall–Kier alpha value is -1.67. The molecule has 2 rings (SSSR count). The highest BCUT2D eigenvalue weighted by molar-refractivity contribution is 5.36. The highest BCUT2D eigenvalue weighted by Gasteiger charge is 2.16. The Bertz CT molecular complexity index is 546. The molecule has 0 aromatic heterocycles. The van der Waals surface area contributed by atoms with Crippen LogP contribution < -0.4 is 5.32 Å². The lowest BCUT2D eigenvalue weighted by molar-refractivity contribution is 0.558. The van der Waals surface area contributed by atoms with E-state index in [0.717, 1.165) is 17.7 Å². The zero-order valence-electron chi connectivity index (χ0n) is 11.7. The van der Waals surface area contributed by atoms with E-state index in [1.165, 1.54) is 5.56 Å². The number of hydrogen-bond donors (Lipinski definition) is 1. The lowest BCUT2D eigenvalue weighted by atomic mass is 9.96. The van der Waals surface area contributed by atoms with Crippen molar-refractivity contribution in [1.82, 2.24) is 5.32 Å². The third-order valence-corrected chi connectivity index (χ3v) is 3.28. The fourth-order valence-corrected chi connectivity index (χ4v) is 2.25. The Morgan fingerprint density at radius 3 is 2.26 bits per heavy atom. The molecular formula is C17H20FN. The van der Waals surface area contributed by atoms with Gasteiger partial charge in [-0.15, -0.1) is 0 Å². The van der Waals surface area contributed by atoms with Crippen LogP contribution in [0, 0.1) is 19.7 Å². The first-order valence-electron chi connectivity index (χ1n) is 6.68. The summed E-state index contributed by atoms with van der Waals surface area (Å²) in [4.78, 5) is 0. The van der Waals surface area contributed by atoms with Crippen LogP contribution in [0.2, 0.25) is 0 Å². The van der Waals surface area contributed by atoms with E-state index in [1.807, 2.05) is 19.9 Å². The summed E-state index contributed by atoms with van der Waals surface area (Å²) in [5.41, 5.74) is 4.10. The van der Waals surface area contributed by atoms with Crippen molar-refractivity contribution in [3.05, 3.63) is 70.5 Å². The maximum atomic E-state index is 14.1. The van der Waals surface area contributed by atoms with Gasteiger partial charge < -0.3 is 5.32 Å². The van der Waals surface area contributed by atoms with Gasteiger partial charge in [-0.25, -0.2) is 4.39 Å². The Labute approximate surface area is 114 Å². The molecule has 0 saturated heterocycles. The van der Waals surface area contributed by atoms with Crippen LogP contribution in [0.25, 0.3) is 0 Å². The molecule has 1 N–H and O–H groups in total. The average Bonchev–Trinajstić information content (AvgIpc) is 2.40. The summed E-state index contributed by atoms with van der Waals surface area (Å²) >= 11 is 0. The minimum atomic E-state index is -0.155. The molecule has 1 nitrogen and oxygen atoms in total. The van der Waals surface area contributed by atoms with E-state index in [1.54, 1.807) is 12.1 Å². The monoisotopic (exact) mass is 257 g/mol. The third kappa shape index (κ3) is 3.21. The first-order valence-corrected chi connectivity index (χ1v) is 6.68. The summed E-state index contributed by atoms with van der Waals surface area (Å²) in [6, 6.07) is 13.4. The zero-order chi connectivity index (χ0) is 13.8. The molecule has 2 heteroatoms. The molecule has 0 bridgehead atoms. The van der Waals surface area contributed by atoms with Crippen LogP contribution in [0.1, 0.15) is 35.2 Å². The highest BCUT2D eigenvalue weighted by atomic mass is 19.1. The Morgan fingerprint density at radius 2 is 1.63 bits per heavy atom. The molecule has 0 aliphatic carbocycles. The SMILES string of the molecule is CCNC(c1ccc(C)cc1)c1cc(C)ccc1F. The predicted octanol–water partition coefficient (Wildman–Crippen LogP) is 4.14. The van der Waals surface area contributed by atoms with E-state index >= 15 is 0 Å². The largest absolute Gasteiger partial charge is 0.306 e. The highest BCUT2D eigenvalue weighted by Crippen LogP contribution is 2.25. The van der Waals surface area contributed by atoms with Gasteiger partial charge in [0.15, 0.2) is 0 Å². The number of nitrogens with one attached hydrogen (secondary N) is 1. The lowest BCUT2D eigenvalue weighted by Gasteiger charge is -2.20. The van der Waals surface area contributed by atoms with Crippen LogP contribution in [0.4, 0.5) is 4.39 Å². The molecule has 100 valence electrons. The predicted molar refractivity (Wildman–Crippen MR) is 77.8 cm³/mol. The van der Waals surface area contributed by atoms with Gasteiger partial charge in [0.1, 0.15) is 5.82 Å². The smallest absolute Gasteiger partial charge is 0.128 e. The Balaban J connectivity index is 2.44. The molecule has 1 atom stereocenters.